The minimum atomic E-state index is -0.225. The molecule has 6 nitrogen and oxygen atoms in total. The Bertz CT molecular complexity index is 1040. The van der Waals surface area contributed by atoms with Crippen molar-refractivity contribution in [3.8, 4) is 5.82 Å². The van der Waals surface area contributed by atoms with E-state index in [1.54, 1.807) is 48.4 Å². The van der Waals surface area contributed by atoms with Crippen LogP contribution >= 0.6 is 0 Å². The van der Waals surface area contributed by atoms with Crippen LogP contribution in [0.5, 0.6) is 0 Å². The summed E-state index contributed by atoms with van der Waals surface area (Å²) in [5, 5.41) is 5.17. The first kappa shape index (κ1) is 15.0. The van der Waals surface area contributed by atoms with Crippen LogP contribution in [0.25, 0.3) is 16.7 Å². The van der Waals surface area contributed by atoms with Gasteiger partial charge in [0.05, 0.1) is 5.52 Å². The quantitative estimate of drug-likeness (QED) is 0.579. The lowest BCUT2D eigenvalue weighted by Crippen LogP contribution is -2.28. The molecular weight excluding hydrogens is 314 g/mol. The zero-order chi connectivity index (χ0) is 17.2. The Hall–Kier alpha value is -3.54. The second kappa shape index (κ2) is 6.16. The van der Waals surface area contributed by atoms with Gasteiger partial charge in [0.2, 0.25) is 0 Å². The number of carbonyl (C=O) groups excluding carboxylic acids is 1. The molecule has 122 valence electrons. The van der Waals surface area contributed by atoms with Crippen molar-refractivity contribution in [1.82, 2.24) is 19.7 Å². The van der Waals surface area contributed by atoms with Crippen molar-refractivity contribution in [1.29, 1.82) is 0 Å². The average Bonchev–Trinajstić information content (AvgIpc) is 3.21. The highest BCUT2D eigenvalue weighted by Gasteiger charge is 2.17. The van der Waals surface area contributed by atoms with E-state index in [1.165, 1.54) is 4.90 Å². The molecule has 6 heteroatoms. The summed E-state index contributed by atoms with van der Waals surface area (Å²) >= 11 is 0. The first-order chi connectivity index (χ1) is 12.2. The molecule has 0 N–H and O–H groups in total. The van der Waals surface area contributed by atoms with Gasteiger partial charge in [-0.25, -0.2) is 14.6 Å². The van der Waals surface area contributed by atoms with Gasteiger partial charge >= 0.3 is 0 Å². The van der Waals surface area contributed by atoms with Gasteiger partial charge in [-0.1, -0.05) is 24.3 Å². The van der Waals surface area contributed by atoms with Gasteiger partial charge in [0, 0.05) is 24.8 Å². The molecule has 4 aromatic rings. The number of aromatic nitrogens is 4. The van der Waals surface area contributed by atoms with Crippen LogP contribution in [0.15, 0.2) is 73.1 Å². The minimum absolute atomic E-state index is 0.225. The average molecular weight is 329 g/mol. The molecule has 4 rings (SSSR count). The minimum Gasteiger partial charge on any atom is -0.294 e. The van der Waals surface area contributed by atoms with E-state index >= 15 is 0 Å². The smallest absolute Gasteiger partial charge is 0.277 e. The fourth-order valence-electron chi connectivity index (χ4n) is 2.59. The maximum absolute atomic E-state index is 12.8. The lowest BCUT2D eigenvalue weighted by atomic mass is 10.2. The largest absolute Gasteiger partial charge is 0.294 e. The van der Waals surface area contributed by atoms with Gasteiger partial charge in [-0.05, 0) is 36.4 Å². The summed E-state index contributed by atoms with van der Waals surface area (Å²) in [6.07, 6.45) is 3.45. The third-order valence-corrected chi connectivity index (χ3v) is 3.92. The van der Waals surface area contributed by atoms with Crippen molar-refractivity contribution in [3.63, 3.8) is 0 Å². The number of pyridine rings is 2. The summed E-state index contributed by atoms with van der Waals surface area (Å²) < 4.78 is 1.62. The van der Waals surface area contributed by atoms with Gasteiger partial charge in [0.15, 0.2) is 5.82 Å². The van der Waals surface area contributed by atoms with Crippen molar-refractivity contribution in [2.45, 2.75) is 0 Å². The van der Waals surface area contributed by atoms with Gasteiger partial charge in [-0.15, -0.1) is 0 Å². The first-order valence-corrected chi connectivity index (χ1v) is 7.83. The maximum Gasteiger partial charge on any atom is 0.277 e. The summed E-state index contributed by atoms with van der Waals surface area (Å²) in [7, 11) is 1.70. The van der Waals surface area contributed by atoms with Crippen LogP contribution in [0.1, 0.15) is 10.5 Å². The van der Waals surface area contributed by atoms with Crippen LogP contribution in [0, 0.1) is 0 Å². The van der Waals surface area contributed by atoms with Gasteiger partial charge in [0.1, 0.15) is 11.5 Å². The van der Waals surface area contributed by atoms with E-state index in [0.29, 0.717) is 17.3 Å². The van der Waals surface area contributed by atoms with Crippen molar-refractivity contribution >= 4 is 22.6 Å². The van der Waals surface area contributed by atoms with E-state index in [0.717, 1.165) is 10.9 Å². The van der Waals surface area contributed by atoms with Gasteiger partial charge in [0.25, 0.3) is 5.91 Å². The fourth-order valence-corrected chi connectivity index (χ4v) is 2.59. The highest BCUT2D eigenvalue weighted by molar-refractivity contribution is 6.04. The molecule has 1 aromatic carbocycles. The Morgan fingerprint density at radius 1 is 0.960 bits per heavy atom. The molecule has 0 unspecified atom stereocenters. The third-order valence-electron chi connectivity index (χ3n) is 3.92. The summed E-state index contributed by atoms with van der Waals surface area (Å²) in [5.41, 5.74) is 1.18. The fraction of sp³-hybridized carbons (Fsp3) is 0.0526. The lowest BCUT2D eigenvalue weighted by Gasteiger charge is -2.16. The monoisotopic (exact) mass is 329 g/mol. The van der Waals surface area contributed by atoms with E-state index in [-0.39, 0.29) is 5.91 Å². The summed E-state index contributed by atoms with van der Waals surface area (Å²) in [6, 6.07) is 18.7. The summed E-state index contributed by atoms with van der Waals surface area (Å²) in [4.78, 5) is 23.3. The number of para-hydroxylation sites is 1. The molecule has 0 spiro atoms. The van der Waals surface area contributed by atoms with Crippen LogP contribution in [-0.2, 0) is 0 Å². The predicted molar refractivity (Wildman–Crippen MR) is 95.8 cm³/mol. The second-order valence-corrected chi connectivity index (χ2v) is 5.56. The topological polar surface area (TPSA) is 63.9 Å². The van der Waals surface area contributed by atoms with Crippen molar-refractivity contribution in [2.24, 2.45) is 0 Å². The first-order valence-electron chi connectivity index (χ1n) is 7.83. The number of benzene rings is 1. The van der Waals surface area contributed by atoms with Gasteiger partial charge < -0.3 is 0 Å². The molecule has 0 saturated heterocycles. The Morgan fingerprint density at radius 3 is 2.68 bits per heavy atom. The van der Waals surface area contributed by atoms with Crippen LogP contribution in [0.2, 0.25) is 0 Å². The number of anilines is 1. The molecule has 0 aliphatic heterocycles. The predicted octanol–water partition coefficient (Wildman–Crippen LogP) is 3.09. The van der Waals surface area contributed by atoms with Crippen LogP contribution in [0.3, 0.4) is 0 Å². The molecule has 0 saturated carbocycles. The lowest BCUT2D eigenvalue weighted by molar-refractivity contribution is 0.0987. The molecule has 0 bridgehead atoms. The van der Waals surface area contributed by atoms with Gasteiger partial charge in [-0.2, -0.15) is 5.10 Å². The Balaban J connectivity index is 1.66. The Labute approximate surface area is 144 Å². The summed E-state index contributed by atoms with van der Waals surface area (Å²) in [5.74, 6) is 0.947. The van der Waals surface area contributed by atoms with Crippen LogP contribution < -0.4 is 4.90 Å². The van der Waals surface area contributed by atoms with Gasteiger partial charge in [-0.3, -0.25) is 9.69 Å². The highest BCUT2D eigenvalue weighted by Crippen LogP contribution is 2.18. The highest BCUT2D eigenvalue weighted by atomic mass is 16.2. The normalized spacial score (nSPS) is 10.8. The summed E-state index contributed by atoms with van der Waals surface area (Å²) in [6.45, 7) is 0. The number of amides is 1. The SMILES string of the molecule is CN(C(=O)c1cccc(-n2cccn2)n1)c1ccc2ccccc2n1. The van der Waals surface area contributed by atoms with Crippen LogP contribution in [0.4, 0.5) is 5.82 Å². The van der Waals surface area contributed by atoms with Crippen molar-refractivity contribution in [2.75, 3.05) is 11.9 Å². The molecule has 25 heavy (non-hydrogen) atoms. The number of hydrogen-bond acceptors (Lipinski definition) is 4. The zero-order valence-electron chi connectivity index (χ0n) is 13.6. The number of fused-ring (bicyclic) bond motifs is 1. The standard InChI is InChI=1S/C19H15N5O/c1-23(17-11-10-14-6-2-3-7-15(14)21-17)19(25)16-8-4-9-18(22-16)24-13-5-12-20-24/h2-13H,1H3. The molecule has 0 fully saturated rings. The molecule has 0 aliphatic carbocycles. The molecule has 0 aliphatic rings. The Kier molecular flexibility index (Phi) is 3.70. The Morgan fingerprint density at radius 2 is 1.84 bits per heavy atom. The molecule has 3 heterocycles. The number of rotatable bonds is 3. The van der Waals surface area contributed by atoms with E-state index in [9.17, 15) is 4.79 Å². The van der Waals surface area contributed by atoms with E-state index in [1.807, 2.05) is 36.4 Å². The van der Waals surface area contributed by atoms with E-state index in [4.69, 9.17) is 0 Å². The second-order valence-electron chi connectivity index (χ2n) is 5.56. The van der Waals surface area contributed by atoms with Crippen molar-refractivity contribution in [3.05, 3.63) is 78.8 Å². The molecule has 3 aromatic heterocycles. The van der Waals surface area contributed by atoms with E-state index < -0.39 is 0 Å². The number of carbonyl (C=O) groups is 1. The maximum atomic E-state index is 12.8. The molecule has 0 atom stereocenters. The van der Waals surface area contributed by atoms with Crippen molar-refractivity contribution < 1.29 is 4.79 Å². The molecule has 1 amide bonds. The zero-order valence-corrected chi connectivity index (χ0v) is 13.6. The third kappa shape index (κ3) is 2.85. The van der Waals surface area contributed by atoms with E-state index in [2.05, 4.69) is 15.1 Å². The van der Waals surface area contributed by atoms with Crippen LogP contribution in [-0.4, -0.2) is 32.7 Å². The molecular formula is C19H15N5O. The molecule has 0 radical (unpaired) electrons. The number of hydrogen-bond donors (Lipinski definition) is 0. The number of nitrogens with zero attached hydrogens (tertiary/aromatic N) is 5.